The van der Waals surface area contributed by atoms with E-state index in [2.05, 4.69) is 32.3 Å². The van der Waals surface area contributed by atoms with Gasteiger partial charge >= 0.3 is 5.97 Å². The lowest BCUT2D eigenvalue weighted by atomic mass is 9.79. The highest BCUT2D eigenvalue weighted by molar-refractivity contribution is 6.43. The molecular formula is C43H38Cl2FN9O3. The first kappa shape index (κ1) is 36.9. The summed E-state index contributed by atoms with van der Waals surface area (Å²) < 4.78 is 24.5. The van der Waals surface area contributed by atoms with Crippen LogP contribution in [0.15, 0.2) is 54.6 Å². The maximum absolute atomic E-state index is 17.3. The summed E-state index contributed by atoms with van der Waals surface area (Å²) in [5, 5.41) is 29.1. The summed E-state index contributed by atoms with van der Waals surface area (Å²) in [4.78, 5) is 34.7. The molecule has 6 heterocycles. The summed E-state index contributed by atoms with van der Waals surface area (Å²) in [6.07, 6.45) is 3.78. The normalized spacial score (nSPS) is 22.4. The van der Waals surface area contributed by atoms with E-state index in [0.717, 1.165) is 42.4 Å². The second kappa shape index (κ2) is 14.1. The van der Waals surface area contributed by atoms with Crippen molar-refractivity contribution >= 4 is 56.9 Å². The zero-order valence-corrected chi connectivity index (χ0v) is 33.3. The average Bonchev–Trinajstić information content (AvgIpc) is 3.73. The highest BCUT2D eigenvalue weighted by Gasteiger charge is 2.51. The van der Waals surface area contributed by atoms with E-state index in [1.165, 1.54) is 7.11 Å². The van der Waals surface area contributed by atoms with Crippen molar-refractivity contribution in [3.8, 4) is 28.6 Å². The maximum atomic E-state index is 17.3. The van der Waals surface area contributed by atoms with Gasteiger partial charge in [0.15, 0.2) is 5.82 Å². The molecule has 2 aliphatic carbocycles. The Morgan fingerprint density at radius 3 is 2.60 bits per heavy atom. The molecule has 15 heteroatoms. The number of likely N-dealkylation sites (tertiary alicyclic amines) is 1. The number of carbonyl (C=O) groups is 2. The van der Waals surface area contributed by atoms with Crippen LogP contribution in [0.3, 0.4) is 0 Å². The third-order valence-corrected chi connectivity index (χ3v) is 13.4. The van der Waals surface area contributed by atoms with Crippen molar-refractivity contribution in [1.82, 2.24) is 40.0 Å². The van der Waals surface area contributed by atoms with Crippen LogP contribution in [0.4, 0.5) is 4.39 Å². The topological polar surface area (TPSA) is 144 Å². The number of amides is 1. The lowest BCUT2D eigenvalue weighted by Crippen LogP contribution is -2.41. The monoisotopic (exact) mass is 817 g/mol. The number of fused-ring (bicyclic) bond motifs is 4. The minimum absolute atomic E-state index is 0.0222. The Hall–Kier alpha value is -5.42. The number of aryl methyl sites for hydroxylation is 2. The second-order valence-corrected chi connectivity index (χ2v) is 16.7. The van der Waals surface area contributed by atoms with Gasteiger partial charge in [-0.3, -0.25) is 4.79 Å². The van der Waals surface area contributed by atoms with E-state index in [4.69, 9.17) is 38.0 Å². The van der Waals surface area contributed by atoms with Gasteiger partial charge in [-0.25, -0.2) is 14.2 Å². The van der Waals surface area contributed by atoms with Gasteiger partial charge in [-0.2, -0.15) is 10.1 Å². The number of carbonyl (C=O) groups excluding carboxylic acids is 2. The molecule has 3 aromatic heterocycles. The predicted molar refractivity (Wildman–Crippen MR) is 216 cm³/mol. The zero-order valence-electron chi connectivity index (χ0n) is 31.8. The number of nitrogens with zero attached hydrogens (tertiary/aromatic N) is 8. The minimum Gasteiger partial charge on any atom is -0.465 e. The second-order valence-electron chi connectivity index (χ2n) is 16.0. The SMILES string of the molecule is COC(=O)c1ccc(-c2nnn(C3CC(c4cc5c(C)nc6c(F)c(-c7cccc(Cl)c7Cl)c(CCC#N)cc6c5n4C4C5CNC4C5)N(C(=O)C4CC4)C3)n2)cc1. The van der Waals surface area contributed by atoms with E-state index in [1.54, 1.807) is 47.3 Å². The molecule has 5 aliphatic rings. The van der Waals surface area contributed by atoms with Gasteiger partial charge in [0.2, 0.25) is 11.7 Å². The molecule has 2 bridgehead atoms. The van der Waals surface area contributed by atoms with Gasteiger partial charge in [0.25, 0.3) is 0 Å². The summed E-state index contributed by atoms with van der Waals surface area (Å²) in [5.74, 6) is -0.0731. The first-order chi connectivity index (χ1) is 28.1. The van der Waals surface area contributed by atoms with Crippen LogP contribution in [0.25, 0.3) is 44.3 Å². The number of pyridine rings is 1. The molecule has 5 fully saturated rings. The molecule has 3 aromatic carbocycles. The maximum Gasteiger partial charge on any atom is 0.337 e. The van der Waals surface area contributed by atoms with Gasteiger partial charge in [-0.05, 0) is 86.1 Å². The number of aromatic nitrogens is 6. The van der Waals surface area contributed by atoms with E-state index in [9.17, 15) is 14.9 Å². The molecule has 3 aliphatic heterocycles. The van der Waals surface area contributed by atoms with Gasteiger partial charge in [0.1, 0.15) is 5.52 Å². The van der Waals surface area contributed by atoms with Crippen LogP contribution < -0.4 is 5.32 Å². The van der Waals surface area contributed by atoms with Gasteiger partial charge < -0.3 is 19.5 Å². The Morgan fingerprint density at radius 1 is 1.09 bits per heavy atom. The molecule has 2 saturated carbocycles. The van der Waals surface area contributed by atoms with Crippen LogP contribution in [0.2, 0.25) is 10.0 Å². The summed E-state index contributed by atoms with van der Waals surface area (Å²) in [6, 6.07) is 18.1. The summed E-state index contributed by atoms with van der Waals surface area (Å²) in [5.41, 5.74) is 5.25. The largest absolute Gasteiger partial charge is 0.465 e. The quantitative estimate of drug-likeness (QED) is 0.144. The smallest absolute Gasteiger partial charge is 0.337 e. The van der Waals surface area contributed by atoms with Crippen molar-refractivity contribution in [3.63, 3.8) is 0 Å². The fourth-order valence-electron chi connectivity index (χ4n) is 9.54. The molecule has 12 nitrogen and oxygen atoms in total. The number of methoxy groups -OCH3 is 1. The van der Waals surface area contributed by atoms with Gasteiger partial charge in [0, 0.05) is 70.3 Å². The number of tetrazole rings is 1. The van der Waals surface area contributed by atoms with Crippen LogP contribution in [0.1, 0.15) is 77.5 Å². The Bertz CT molecular complexity index is 2710. The van der Waals surface area contributed by atoms with Crippen molar-refractivity contribution < 1.29 is 18.7 Å². The van der Waals surface area contributed by atoms with Crippen molar-refractivity contribution in [1.29, 1.82) is 5.26 Å². The van der Waals surface area contributed by atoms with E-state index in [1.807, 2.05) is 17.9 Å². The Morgan fingerprint density at radius 2 is 1.90 bits per heavy atom. The number of rotatable bonds is 9. The molecule has 11 rings (SSSR count). The molecule has 58 heavy (non-hydrogen) atoms. The lowest BCUT2D eigenvalue weighted by molar-refractivity contribution is -0.133. The molecule has 0 spiro atoms. The first-order valence-corrected chi connectivity index (χ1v) is 20.4. The van der Waals surface area contributed by atoms with E-state index >= 15 is 4.39 Å². The number of halogens is 3. The highest BCUT2D eigenvalue weighted by atomic mass is 35.5. The molecule has 1 N–H and O–H groups in total. The fourth-order valence-corrected chi connectivity index (χ4v) is 9.93. The highest BCUT2D eigenvalue weighted by Crippen LogP contribution is 2.52. The summed E-state index contributed by atoms with van der Waals surface area (Å²) in [7, 11) is 1.34. The molecule has 6 aromatic rings. The third-order valence-electron chi connectivity index (χ3n) is 12.6. The lowest BCUT2D eigenvalue weighted by Gasteiger charge is -2.39. The van der Waals surface area contributed by atoms with Crippen LogP contribution in [0, 0.1) is 35.9 Å². The minimum atomic E-state index is -0.511. The van der Waals surface area contributed by atoms with E-state index < -0.39 is 11.8 Å². The van der Waals surface area contributed by atoms with E-state index in [0.29, 0.717) is 75.0 Å². The molecule has 5 unspecified atom stereocenters. The number of esters is 1. The first-order valence-electron chi connectivity index (χ1n) is 19.6. The number of ether oxygens (including phenoxy) is 1. The fraction of sp³-hybridized carbons (Fsp3) is 0.372. The number of nitriles is 1. The van der Waals surface area contributed by atoms with Gasteiger partial charge in [-0.15, -0.1) is 10.2 Å². The molecule has 294 valence electrons. The van der Waals surface area contributed by atoms with Crippen molar-refractivity contribution in [2.75, 3.05) is 20.2 Å². The molecule has 3 saturated heterocycles. The summed E-state index contributed by atoms with van der Waals surface area (Å²) >= 11 is 13.1. The zero-order chi connectivity index (χ0) is 40.0. The van der Waals surface area contributed by atoms with Crippen molar-refractivity contribution in [3.05, 3.63) is 93.0 Å². The van der Waals surface area contributed by atoms with Crippen LogP contribution in [-0.2, 0) is 16.0 Å². The standard InChI is InChI=1S/C43H38Cl2FN9O3/c1-21-29-18-34(33-17-27(20-53(33)42(56)23-10-11-23)55-51-41(50-52-55)22-8-12-24(13-9-22)43(57)58-2)54(39-26-16-32(39)48-19-26)40(29)30-15-25(5-4-14-47)35(37(46)38(30)49-21)28-6-3-7-31(44)36(28)45/h3,6-9,12-13,15,18,23,26-27,32-33,39,48H,4-5,10-11,16-17,19-20H2,1-2H3. The van der Waals surface area contributed by atoms with Crippen LogP contribution in [0.5, 0.6) is 0 Å². The van der Waals surface area contributed by atoms with E-state index in [-0.39, 0.29) is 53.0 Å². The molecule has 1 amide bonds. The Labute approximate surface area is 342 Å². The molecular weight excluding hydrogens is 780 g/mol. The number of hydrogen-bond acceptors (Lipinski definition) is 9. The average molecular weight is 819 g/mol. The van der Waals surface area contributed by atoms with Crippen LogP contribution >= 0.6 is 23.2 Å². The molecule has 5 atom stereocenters. The van der Waals surface area contributed by atoms with Gasteiger partial charge in [-0.1, -0.05) is 47.5 Å². The predicted octanol–water partition coefficient (Wildman–Crippen LogP) is 7.96. The molecule has 0 radical (unpaired) electrons. The summed E-state index contributed by atoms with van der Waals surface area (Å²) in [6.45, 7) is 3.19. The number of benzene rings is 3. The van der Waals surface area contributed by atoms with Crippen molar-refractivity contribution in [2.45, 2.75) is 69.6 Å². The van der Waals surface area contributed by atoms with Crippen molar-refractivity contribution in [2.24, 2.45) is 11.8 Å². The third kappa shape index (κ3) is 5.87. The number of hydrogen-bond donors (Lipinski definition) is 1. The van der Waals surface area contributed by atoms with Gasteiger partial charge in [0.05, 0.1) is 52.4 Å². The Balaban J connectivity index is 1.12. The van der Waals surface area contributed by atoms with Crippen LogP contribution in [-0.4, -0.2) is 72.8 Å². The number of nitrogens with one attached hydrogen (secondary N) is 1. The Kier molecular flexibility index (Phi) is 9.00.